The van der Waals surface area contributed by atoms with Crippen LogP contribution in [0.4, 0.5) is 5.82 Å². The molecular weight excluding hydrogens is 352 g/mol. The summed E-state index contributed by atoms with van der Waals surface area (Å²) in [6.07, 6.45) is 1.86. The van der Waals surface area contributed by atoms with E-state index in [9.17, 15) is 0 Å². The molecule has 0 amide bonds. The van der Waals surface area contributed by atoms with Crippen molar-refractivity contribution in [1.29, 1.82) is 0 Å². The van der Waals surface area contributed by atoms with E-state index >= 15 is 0 Å². The molecule has 2 rings (SSSR count). The number of aromatic nitrogens is 1. The Bertz CT molecular complexity index is 496. The Labute approximate surface area is 115 Å². The number of hydrogen-bond acceptors (Lipinski definition) is 3. The zero-order chi connectivity index (χ0) is 11.5. The molecule has 0 aromatic carbocycles. The molecule has 1 N–H and O–H groups in total. The average molecular weight is 362 g/mol. The van der Waals surface area contributed by atoms with Gasteiger partial charge in [-0.1, -0.05) is 0 Å². The van der Waals surface area contributed by atoms with Crippen molar-refractivity contribution < 1.29 is 0 Å². The van der Waals surface area contributed by atoms with Gasteiger partial charge >= 0.3 is 0 Å². The molecule has 0 aliphatic heterocycles. The van der Waals surface area contributed by atoms with Crippen LogP contribution >= 0.6 is 43.2 Å². The topological polar surface area (TPSA) is 24.9 Å². The van der Waals surface area contributed by atoms with Crippen LogP contribution in [0.5, 0.6) is 0 Å². The Kier molecular flexibility index (Phi) is 4.00. The maximum atomic E-state index is 4.33. The molecule has 5 heteroatoms. The van der Waals surface area contributed by atoms with Crippen LogP contribution in [0.3, 0.4) is 0 Å². The number of hydrogen-bond donors (Lipinski definition) is 1. The molecule has 2 aromatic rings. The van der Waals surface area contributed by atoms with Gasteiger partial charge in [-0.25, -0.2) is 4.98 Å². The lowest BCUT2D eigenvalue weighted by atomic mass is 10.3. The number of nitrogens with one attached hydrogen (secondary N) is 1. The lowest BCUT2D eigenvalue weighted by Gasteiger charge is -2.06. The summed E-state index contributed by atoms with van der Waals surface area (Å²) in [6, 6.07) is 4.17. The minimum atomic E-state index is 0.797. The first-order chi connectivity index (χ1) is 7.65. The van der Waals surface area contributed by atoms with Crippen molar-refractivity contribution in [3.05, 3.63) is 43.1 Å². The van der Waals surface area contributed by atoms with Gasteiger partial charge in [-0.3, -0.25) is 0 Å². The fraction of sp³-hybridized carbons (Fsp3) is 0.182. The van der Waals surface area contributed by atoms with Crippen molar-refractivity contribution in [1.82, 2.24) is 4.98 Å². The standard InChI is InChI=1S/C11H10Br2N2S/c1-7-2-10(13)11(14-4-7)15-5-9-3-8(12)6-16-9/h2-4,6H,5H2,1H3,(H,14,15). The van der Waals surface area contributed by atoms with E-state index in [1.807, 2.05) is 13.1 Å². The Morgan fingerprint density at radius 1 is 1.38 bits per heavy atom. The van der Waals surface area contributed by atoms with Crippen molar-refractivity contribution in [2.45, 2.75) is 13.5 Å². The molecule has 84 valence electrons. The molecule has 0 atom stereocenters. The fourth-order valence-electron chi connectivity index (χ4n) is 1.28. The van der Waals surface area contributed by atoms with Gasteiger partial charge in [0.15, 0.2) is 0 Å². The van der Waals surface area contributed by atoms with E-state index in [0.717, 1.165) is 26.9 Å². The number of rotatable bonds is 3. The van der Waals surface area contributed by atoms with Crippen LogP contribution in [0.15, 0.2) is 32.7 Å². The van der Waals surface area contributed by atoms with Crippen molar-refractivity contribution >= 4 is 49.0 Å². The third-order valence-corrected chi connectivity index (χ3v) is 4.33. The fourth-order valence-corrected chi connectivity index (χ4v) is 3.28. The van der Waals surface area contributed by atoms with Crippen LogP contribution in [-0.2, 0) is 6.54 Å². The van der Waals surface area contributed by atoms with Gasteiger partial charge in [0.25, 0.3) is 0 Å². The monoisotopic (exact) mass is 360 g/mol. The molecule has 0 aliphatic carbocycles. The maximum Gasteiger partial charge on any atom is 0.140 e. The average Bonchev–Trinajstić information content (AvgIpc) is 2.63. The molecule has 0 spiro atoms. The van der Waals surface area contributed by atoms with Crippen LogP contribution in [-0.4, -0.2) is 4.98 Å². The van der Waals surface area contributed by atoms with Crippen molar-refractivity contribution in [3.63, 3.8) is 0 Å². The number of anilines is 1. The second kappa shape index (κ2) is 5.29. The number of nitrogens with zero attached hydrogens (tertiary/aromatic N) is 1. The summed E-state index contributed by atoms with van der Waals surface area (Å²) in [6.45, 7) is 2.82. The van der Waals surface area contributed by atoms with Crippen molar-refractivity contribution in [2.75, 3.05) is 5.32 Å². The molecule has 0 radical (unpaired) electrons. The smallest absolute Gasteiger partial charge is 0.140 e. The van der Waals surface area contributed by atoms with Crippen LogP contribution in [0.2, 0.25) is 0 Å². The van der Waals surface area contributed by atoms with Gasteiger partial charge in [0.05, 0.1) is 11.0 Å². The van der Waals surface area contributed by atoms with Gasteiger partial charge in [-0.05, 0) is 56.5 Å². The van der Waals surface area contributed by atoms with Gasteiger partial charge in [-0.15, -0.1) is 11.3 Å². The second-order valence-electron chi connectivity index (χ2n) is 3.43. The van der Waals surface area contributed by atoms with Gasteiger partial charge in [0, 0.05) is 20.9 Å². The van der Waals surface area contributed by atoms with E-state index in [1.54, 1.807) is 11.3 Å². The minimum absolute atomic E-state index is 0.797. The lowest BCUT2D eigenvalue weighted by molar-refractivity contribution is 1.12. The number of thiophene rings is 1. The normalized spacial score (nSPS) is 10.4. The first-order valence-electron chi connectivity index (χ1n) is 4.74. The summed E-state index contributed by atoms with van der Waals surface area (Å²) in [7, 11) is 0. The summed E-state index contributed by atoms with van der Waals surface area (Å²) in [5.41, 5.74) is 1.15. The quantitative estimate of drug-likeness (QED) is 0.864. The van der Waals surface area contributed by atoms with E-state index in [0.29, 0.717) is 0 Å². The number of pyridine rings is 1. The third-order valence-electron chi connectivity index (χ3n) is 2.03. The number of halogens is 2. The molecule has 16 heavy (non-hydrogen) atoms. The zero-order valence-electron chi connectivity index (χ0n) is 8.63. The first kappa shape index (κ1) is 12.1. The molecule has 0 saturated heterocycles. The molecule has 0 aliphatic rings. The summed E-state index contributed by atoms with van der Waals surface area (Å²) in [4.78, 5) is 5.61. The molecular formula is C11H10Br2N2S. The molecule has 0 bridgehead atoms. The lowest BCUT2D eigenvalue weighted by Crippen LogP contribution is -2.00. The zero-order valence-corrected chi connectivity index (χ0v) is 12.6. The van der Waals surface area contributed by atoms with Crippen LogP contribution < -0.4 is 5.32 Å². The Balaban J connectivity index is 2.04. The van der Waals surface area contributed by atoms with Gasteiger partial charge < -0.3 is 5.32 Å². The Hall–Kier alpha value is -0.390. The maximum absolute atomic E-state index is 4.33. The molecule has 0 fully saturated rings. The summed E-state index contributed by atoms with van der Waals surface area (Å²) < 4.78 is 2.13. The highest BCUT2D eigenvalue weighted by Crippen LogP contribution is 2.23. The van der Waals surface area contributed by atoms with E-state index in [1.165, 1.54) is 4.88 Å². The van der Waals surface area contributed by atoms with E-state index in [2.05, 4.69) is 59.7 Å². The second-order valence-corrected chi connectivity index (χ2v) is 6.19. The highest BCUT2D eigenvalue weighted by molar-refractivity contribution is 9.10. The SMILES string of the molecule is Cc1cnc(NCc2cc(Br)cs2)c(Br)c1. The van der Waals surface area contributed by atoms with E-state index in [4.69, 9.17) is 0 Å². The summed E-state index contributed by atoms with van der Waals surface area (Å²) in [5, 5.41) is 5.38. The van der Waals surface area contributed by atoms with Gasteiger partial charge in [0.2, 0.25) is 0 Å². The highest BCUT2D eigenvalue weighted by Gasteiger charge is 2.02. The molecule has 0 unspecified atom stereocenters. The summed E-state index contributed by atoms with van der Waals surface area (Å²) >= 11 is 8.66. The first-order valence-corrected chi connectivity index (χ1v) is 7.20. The molecule has 2 aromatic heterocycles. The van der Waals surface area contributed by atoms with E-state index < -0.39 is 0 Å². The Morgan fingerprint density at radius 2 is 2.19 bits per heavy atom. The van der Waals surface area contributed by atoms with Crippen molar-refractivity contribution in [2.24, 2.45) is 0 Å². The van der Waals surface area contributed by atoms with Crippen LogP contribution in [0.25, 0.3) is 0 Å². The van der Waals surface area contributed by atoms with Crippen molar-refractivity contribution in [3.8, 4) is 0 Å². The predicted octanol–water partition coefficient (Wildman–Crippen LogP) is 4.59. The highest BCUT2D eigenvalue weighted by atomic mass is 79.9. The van der Waals surface area contributed by atoms with Gasteiger partial charge in [-0.2, -0.15) is 0 Å². The largest absolute Gasteiger partial charge is 0.364 e. The molecule has 2 heterocycles. The Morgan fingerprint density at radius 3 is 2.81 bits per heavy atom. The van der Waals surface area contributed by atoms with Crippen LogP contribution in [0, 0.1) is 6.92 Å². The molecule has 2 nitrogen and oxygen atoms in total. The molecule has 0 saturated carbocycles. The van der Waals surface area contributed by atoms with Crippen LogP contribution in [0.1, 0.15) is 10.4 Å². The summed E-state index contributed by atoms with van der Waals surface area (Å²) in [5.74, 6) is 0.884. The predicted molar refractivity (Wildman–Crippen MR) is 76.0 cm³/mol. The van der Waals surface area contributed by atoms with E-state index in [-0.39, 0.29) is 0 Å². The minimum Gasteiger partial charge on any atom is -0.364 e. The number of aryl methyl sites for hydroxylation is 1. The third kappa shape index (κ3) is 3.06. The van der Waals surface area contributed by atoms with Gasteiger partial charge in [0.1, 0.15) is 5.82 Å².